The fourth-order valence-corrected chi connectivity index (χ4v) is 9.40. The lowest BCUT2D eigenvalue weighted by Crippen LogP contribution is -2.30. The molecule has 0 rings (SSSR count). The summed E-state index contributed by atoms with van der Waals surface area (Å²) in [7, 11) is 0. The molecule has 0 saturated heterocycles. The third-order valence-corrected chi connectivity index (χ3v) is 14.4. The fourth-order valence-electron chi connectivity index (χ4n) is 9.40. The van der Waals surface area contributed by atoms with Gasteiger partial charge in [-0.1, -0.05) is 290 Å². The number of rotatable bonds is 61. The highest BCUT2D eigenvalue weighted by molar-refractivity contribution is 5.71. The van der Waals surface area contributed by atoms with Crippen molar-refractivity contribution in [3.63, 3.8) is 0 Å². The summed E-state index contributed by atoms with van der Waals surface area (Å²) >= 11 is 0. The quantitative estimate of drug-likeness (QED) is 0.0261. The molecule has 0 saturated carbocycles. The van der Waals surface area contributed by atoms with Crippen molar-refractivity contribution in [3.05, 3.63) is 122 Å². The molecule has 0 fully saturated rings. The van der Waals surface area contributed by atoms with Gasteiger partial charge >= 0.3 is 17.9 Å². The molecule has 0 aromatic carbocycles. The van der Waals surface area contributed by atoms with Crippen molar-refractivity contribution < 1.29 is 28.6 Å². The van der Waals surface area contributed by atoms with Crippen molar-refractivity contribution in [1.29, 1.82) is 0 Å². The number of carbonyl (C=O) groups is 3. The Bertz CT molecular complexity index is 1670. The molecule has 0 bridgehead atoms. The lowest BCUT2D eigenvalue weighted by atomic mass is 10.1. The Hall–Kier alpha value is -4.19. The van der Waals surface area contributed by atoms with E-state index in [9.17, 15) is 14.4 Å². The molecule has 0 aromatic heterocycles. The number of ether oxygens (including phenoxy) is 3. The van der Waals surface area contributed by atoms with E-state index in [1.807, 2.05) is 0 Å². The first kappa shape index (κ1) is 76.8. The van der Waals surface area contributed by atoms with Gasteiger partial charge in [0.1, 0.15) is 13.2 Å². The topological polar surface area (TPSA) is 78.9 Å². The first-order chi connectivity index (χ1) is 40.0. The van der Waals surface area contributed by atoms with Crippen LogP contribution in [0.3, 0.4) is 0 Å². The van der Waals surface area contributed by atoms with E-state index in [-0.39, 0.29) is 31.1 Å². The molecule has 0 radical (unpaired) electrons. The van der Waals surface area contributed by atoms with Gasteiger partial charge in [-0.15, -0.1) is 0 Å². The summed E-state index contributed by atoms with van der Waals surface area (Å²) in [4.78, 5) is 38.4. The van der Waals surface area contributed by atoms with Crippen molar-refractivity contribution in [1.82, 2.24) is 0 Å². The predicted molar refractivity (Wildman–Crippen MR) is 353 cm³/mol. The maximum absolute atomic E-state index is 12.9. The van der Waals surface area contributed by atoms with Gasteiger partial charge in [-0.3, -0.25) is 14.4 Å². The van der Waals surface area contributed by atoms with Crippen LogP contribution in [0.4, 0.5) is 0 Å². The van der Waals surface area contributed by atoms with E-state index in [1.165, 1.54) is 154 Å². The van der Waals surface area contributed by atoms with Crippen LogP contribution in [0.15, 0.2) is 122 Å². The van der Waals surface area contributed by atoms with Crippen LogP contribution in [0.5, 0.6) is 0 Å². The van der Waals surface area contributed by atoms with Crippen molar-refractivity contribution in [3.8, 4) is 0 Å². The average molecular weight is 1120 g/mol. The summed E-state index contributed by atoms with van der Waals surface area (Å²) in [6.45, 7) is 6.42. The van der Waals surface area contributed by atoms with Crippen LogP contribution in [-0.2, 0) is 28.6 Å². The van der Waals surface area contributed by atoms with Crippen LogP contribution in [0, 0.1) is 0 Å². The normalized spacial score (nSPS) is 12.9. The molecule has 462 valence electrons. The van der Waals surface area contributed by atoms with E-state index >= 15 is 0 Å². The zero-order valence-corrected chi connectivity index (χ0v) is 53.0. The van der Waals surface area contributed by atoms with Gasteiger partial charge in [0.15, 0.2) is 6.10 Å². The number of esters is 3. The van der Waals surface area contributed by atoms with Gasteiger partial charge in [-0.25, -0.2) is 0 Å². The second-order valence-corrected chi connectivity index (χ2v) is 22.3. The Morgan fingerprint density at radius 3 is 0.765 bits per heavy atom. The minimum absolute atomic E-state index is 0.0860. The molecule has 0 aliphatic heterocycles. The van der Waals surface area contributed by atoms with Crippen LogP contribution in [0.2, 0.25) is 0 Å². The number of hydrogen-bond donors (Lipinski definition) is 0. The molecule has 0 heterocycles. The Balaban J connectivity index is 4.34. The van der Waals surface area contributed by atoms with Gasteiger partial charge in [-0.05, 0) is 128 Å². The third kappa shape index (κ3) is 66.5. The smallest absolute Gasteiger partial charge is 0.306 e. The molecule has 1 atom stereocenters. The van der Waals surface area contributed by atoms with E-state index in [4.69, 9.17) is 14.2 Å². The van der Waals surface area contributed by atoms with Gasteiger partial charge < -0.3 is 14.2 Å². The van der Waals surface area contributed by atoms with Gasteiger partial charge in [0.25, 0.3) is 0 Å². The van der Waals surface area contributed by atoms with Crippen molar-refractivity contribution in [2.45, 2.75) is 322 Å². The Kier molecular flexibility index (Phi) is 64.8. The first-order valence-electron chi connectivity index (χ1n) is 34.0. The molecule has 0 aliphatic carbocycles. The highest BCUT2D eigenvalue weighted by Gasteiger charge is 2.19. The lowest BCUT2D eigenvalue weighted by molar-refractivity contribution is -0.167. The van der Waals surface area contributed by atoms with E-state index in [1.54, 1.807) is 0 Å². The SMILES string of the molecule is CC/C=C\C/C=C\C/C=C\C/C=C\C/C=C\C/C=C\CCCCCCCCCCCCC(=O)OCC(COC(=O)CCCCCCCCC/C=C\CCCCCCCC)OC(=O)CCCCCCCCC/C=C\C/C=C\C/C=C\CC. The van der Waals surface area contributed by atoms with E-state index < -0.39 is 6.10 Å². The molecule has 0 aromatic rings. The minimum Gasteiger partial charge on any atom is -0.462 e. The standard InChI is InChI=1S/C75H126O6/c1-4-7-10-13-16-19-22-25-28-31-32-33-34-35-36-37-38-39-40-41-42-45-47-50-53-56-59-62-65-68-74(77)80-71-72(81-75(78)69-66-63-60-57-54-51-48-44-30-27-24-21-18-15-12-9-6-3)70-79-73(76)67-64-61-58-55-52-49-46-43-29-26-23-20-17-14-11-8-5-2/h7,9-10,12,16,18-19,21,25-30,32-33,35-36,38-39,72H,4-6,8,11,13-15,17,20,22-24,31,34,37,40-71H2,1-3H3/b10-7-,12-9-,19-16-,21-18-,28-25-,29-26-,30-27-,33-32-,36-35-,39-38-. The van der Waals surface area contributed by atoms with Crippen LogP contribution < -0.4 is 0 Å². The lowest BCUT2D eigenvalue weighted by Gasteiger charge is -2.18. The van der Waals surface area contributed by atoms with Gasteiger partial charge in [0.05, 0.1) is 0 Å². The maximum atomic E-state index is 12.9. The van der Waals surface area contributed by atoms with Crippen LogP contribution in [-0.4, -0.2) is 37.2 Å². The molecule has 6 nitrogen and oxygen atoms in total. The molecule has 6 heteroatoms. The summed E-state index contributed by atoms with van der Waals surface area (Å²) in [5.41, 5.74) is 0. The highest BCUT2D eigenvalue weighted by atomic mass is 16.6. The molecule has 81 heavy (non-hydrogen) atoms. The predicted octanol–water partition coefficient (Wildman–Crippen LogP) is 23.6. The highest BCUT2D eigenvalue weighted by Crippen LogP contribution is 2.16. The monoisotopic (exact) mass is 1120 g/mol. The van der Waals surface area contributed by atoms with Gasteiger partial charge in [0.2, 0.25) is 0 Å². The van der Waals surface area contributed by atoms with E-state index in [0.29, 0.717) is 19.3 Å². The molecular weight excluding hydrogens is 997 g/mol. The minimum atomic E-state index is -0.791. The number of unbranched alkanes of at least 4 members (excludes halogenated alkanes) is 30. The summed E-state index contributed by atoms with van der Waals surface area (Å²) in [6.07, 6.45) is 94.9. The second kappa shape index (κ2) is 68.3. The van der Waals surface area contributed by atoms with Crippen molar-refractivity contribution in [2.24, 2.45) is 0 Å². The summed E-state index contributed by atoms with van der Waals surface area (Å²) in [5.74, 6) is -0.895. The molecule has 1 unspecified atom stereocenters. The molecular formula is C75H126O6. The van der Waals surface area contributed by atoms with Crippen LogP contribution >= 0.6 is 0 Å². The van der Waals surface area contributed by atoms with E-state index in [2.05, 4.69) is 142 Å². The van der Waals surface area contributed by atoms with Crippen LogP contribution in [0.25, 0.3) is 0 Å². The largest absolute Gasteiger partial charge is 0.462 e. The zero-order chi connectivity index (χ0) is 58.5. The molecule has 0 aliphatic rings. The zero-order valence-electron chi connectivity index (χ0n) is 53.0. The molecule has 0 spiro atoms. The van der Waals surface area contributed by atoms with Gasteiger partial charge in [-0.2, -0.15) is 0 Å². The Morgan fingerprint density at radius 1 is 0.259 bits per heavy atom. The Morgan fingerprint density at radius 2 is 0.481 bits per heavy atom. The Labute approximate surface area is 501 Å². The third-order valence-electron chi connectivity index (χ3n) is 14.4. The first-order valence-corrected chi connectivity index (χ1v) is 34.0. The fraction of sp³-hybridized carbons (Fsp3) is 0.693. The summed E-state index contributed by atoms with van der Waals surface area (Å²) in [6, 6.07) is 0. The number of carbonyl (C=O) groups excluding carboxylic acids is 3. The second-order valence-electron chi connectivity index (χ2n) is 22.3. The molecule has 0 N–H and O–H groups in total. The maximum Gasteiger partial charge on any atom is 0.306 e. The van der Waals surface area contributed by atoms with Crippen molar-refractivity contribution in [2.75, 3.05) is 13.2 Å². The summed E-state index contributed by atoms with van der Waals surface area (Å²) in [5, 5.41) is 0. The number of hydrogen-bond acceptors (Lipinski definition) is 6. The summed E-state index contributed by atoms with van der Waals surface area (Å²) < 4.78 is 17.0. The molecule has 0 amide bonds. The van der Waals surface area contributed by atoms with Gasteiger partial charge in [0, 0.05) is 19.3 Å². The average Bonchev–Trinajstić information content (AvgIpc) is 3.47. The number of allylic oxidation sites excluding steroid dienone is 20. The van der Waals surface area contributed by atoms with Crippen molar-refractivity contribution >= 4 is 17.9 Å². The van der Waals surface area contributed by atoms with E-state index in [0.717, 1.165) is 122 Å². The van der Waals surface area contributed by atoms with Crippen LogP contribution in [0.1, 0.15) is 316 Å².